The van der Waals surface area contributed by atoms with E-state index in [-0.39, 0.29) is 24.4 Å². The first-order chi connectivity index (χ1) is 7.69. The Bertz CT molecular complexity index is 346. The number of carbonyl (C=O) groups excluding carboxylic acids is 1. The Hall–Kier alpha value is -0.100. The van der Waals surface area contributed by atoms with Crippen LogP contribution in [0.5, 0.6) is 0 Å². The van der Waals surface area contributed by atoms with E-state index in [4.69, 9.17) is 5.73 Å². The highest BCUT2D eigenvalue weighted by Gasteiger charge is 2.15. The second-order valence-electron chi connectivity index (χ2n) is 3.65. The number of thiophene rings is 1. The molecule has 0 radical (unpaired) electrons. The van der Waals surface area contributed by atoms with Gasteiger partial charge in [0.15, 0.2) is 0 Å². The van der Waals surface area contributed by atoms with Gasteiger partial charge in [0, 0.05) is 17.1 Å². The third-order valence-electron chi connectivity index (χ3n) is 2.35. The molecule has 0 spiro atoms. The topological polar surface area (TPSA) is 55.1 Å². The van der Waals surface area contributed by atoms with Crippen LogP contribution in [0, 0.1) is 0 Å². The molecule has 0 aliphatic rings. The molecule has 1 amide bonds. The molecule has 0 bridgehead atoms. The van der Waals surface area contributed by atoms with Crippen LogP contribution in [0.2, 0.25) is 0 Å². The number of nitrogens with two attached hydrogens (primary N) is 1. The first-order valence-corrected chi connectivity index (χ1v) is 7.10. The van der Waals surface area contributed by atoms with Gasteiger partial charge in [-0.05, 0) is 33.8 Å². The first-order valence-electron chi connectivity index (χ1n) is 5.43. The number of carbonyl (C=O) groups is 1. The molecular formula is C11H18BrClN2OS. The van der Waals surface area contributed by atoms with Crippen molar-refractivity contribution in [2.45, 2.75) is 32.2 Å². The maximum absolute atomic E-state index is 11.9. The quantitative estimate of drug-likeness (QED) is 0.835. The van der Waals surface area contributed by atoms with E-state index >= 15 is 0 Å². The third-order valence-corrected chi connectivity index (χ3v) is 4.19. The maximum atomic E-state index is 11.9. The zero-order valence-electron chi connectivity index (χ0n) is 9.74. The summed E-state index contributed by atoms with van der Waals surface area (Å²) in [6, 6.07) is 1.96. The predicted octanol–water partition coefficient (Wildman–Crippen LogP) is 3.18. The Labute approximate surface area is 121 Å². The lowest BCUT2D eigenvalue weighted by Gasteiger charge is -2.15. The van der Waals surface area contributed by atoms with Crippen molar-refractivity contribution >= 4 is 45.6 Å². The van der Waals surface area contributed by atoms with Gasteiger partial charge >= 0.3 is 0 Å². The molecule has 3 N–H and O–H groups in total. The molecule has 0 fully saturated rings. The molecule has 1 atom stereocenters. The van der Waals surface area contributed by atoms with Gasteiger partial charge in [-0.1, -0.05) is 19.8 Å². The van der Waals surface area contributed by atoms with Crippen molar-refractivity contribution in [2.75, 3.05) is 6.54 Å². The van der Waals surface area contributed by atoms with Crippen LogP contribution in [0.15, 0.2) is 15.9 Å². The zero-order chi connectivity index (χ0) is 12.0. The van der Waals surface area contributed by atoms with Gasteiger partial charge in [0.1, 0.15) is 4.88 Å². The fraction of sp³-hybridized carbons (Fsp3) is 0.545. The highest BCUT2D eigenvalue weighted by atomic mass is 79.9. The number of unbranched alkanes of at least 4 members (excludes halogenated alkanes) is 1. The number of halogens is 2. The van der Waals surface area contributed by atoms with E-state index in [1.807, 2.05) is 11.4 Å². The monoisotopic (exact) mass is 340 g/mol. The highest BCUT2D eigenvalue weighted by molar-refractivity contribution is 9.10. The Kier molecular flexibility index (Phi) is 8.86. The van der Waals surface area contributed by atoms with Crippen LogP contribution in [0.4, 0.5) is 0 Å². The molecule has 98 valence electrons. The van der Waals surface area contributed by atoms with Gasteiger partial charge < -0.3 is 11.1 Å². The van der Waals surface area contributed by atoms with E-state index in [2.05, 4.69) is 28.2 Å². The Balaban J connectivity index is 0.00000256. The van der Waals surface area contributed by atoms with Crippen molar-refractivity contribution in [1.82, 2.24) is 5.32 Å². The minimum absolute atomic E-state index is 0. The SMILES string of the molecule is CCCCC(CN)NC(=O)c1sccc1Br.Cl. The highest BCUT2D eigenvalue weighted by Crippen LogP contribution is 2.22. The zero-order valence-corrected chi connectivity index (χ0v) is 13.0. The number of amides is 1. The van der Waals surface area contributed by atoms with Crippen LogP contribution in [0.1, 0.15) is 35.9 Å². The van der Waals surface area contributed by atoms with Crippen molar-refractivity contribution in [1.29, 1.82) is 0 Å². The summed E-state index contributed by atoms with van der Waals surface area (Å²) >= 11 is 4.78. The molecule has 3 nitrogen and oxygen atoms in total. The Morgan fingerprint density at radius 3 is 2.82 bits per heavy atom. The number of nitrogens with one attached hydrogen (secondary N) is 1. The summed E-state index contributed by atoms with van der Waals surface area (Å²) in [6.07, 6.45) is 3.16. The van der Waals surface area contributed by atoms with Crippen LogP contribution >= 0.6 is 39.7 Å². The molecular weight excluding hydrogens is 324 g/mol. The minimum Gasteiger partial charge on any atom is -0.347 e. The Morgan fingerprint density at radius 2 is 2.35 bits per heavy atom. The fourth-order valence-corrected chi connectivity index (χ4v) is 2.86. The van der Waals surface area contributed by atoms with E-state index in [0.29, 0.717) is 6.54 Å². The molecule has 0 aliphatic heterocycles. The molecule has 17 heavy (non-hydrogen) atoms. The lowest BCUT2D eigenvalue weighted by molar-refractivity contribution is 0.0939. The maximum Gasteiger partial charge on any atom is 0.262 e. The smallest absolute Gasteiger partial charge is 0.262 e. The molecule has 0 aliphatic carbocycles. The van der Waals surface area contributed by atoms with Crippen LogP contribution < -0.4 is 11.1 Å². The molecule has 1 heterocycles. The first kappa shape index (κ1) is 16.9. The van der Waals surface area contributed by atoms with Crippen molar-refractivity contribution in [2.24, 2.45) is 5.73 Å². The lowest BCUT2D eigenvalue weighted by atomic mass is 10.1. The van der Waals surface area contributed by atoms with Gasteiger partial charge in [-0.25, -0.2) is 0 Å². The molecule has 0 saturated carbocycles. The van der Waals surface area contributed by atoms with Crippen LogP contribution in [-0.2, 0) is 0 Å². The lowest BCUT2D eigenvalue weighted by Crippen LogP contribution is -2.39. The number of rotatable bonds is 6. The predicted molar refractivity (Wildman–Crippen MR) is 79.1 cm³/mol. The van der Waals surface area contributed by atoms with Crippen LogP contribution in [-0.4, -0.2) is 18.5 Å². The summed E-state index contributed by atoms with van der Waals surface area (Å²) in [5.41, 5.74) is 5.63. The standard InChI is InChI=1S/C11H17BrN2OS.ClH/c1-2-3-4-8(7-13)14-11(15)10-9(12)5-6-16-10;/h5-6,8H,2-4,7,13H2,1H3,(H,14,15);1H. The summed E-state index contributed by atoms with van der Waals surface area (Å²) in [6.45, 7) is 2.62. The summed E-state index contributed by atoms with van der Waals surface area (Å²) < 4.78 is 0.848. The molecule has 1 unspecified atom stereocenters. The average Bonchev–Trinajstić information content (AvgIpc) is 2.70. The van der Waals surface area contributed by atoms with Gasteiger partial charge in [0.25, 0.3) is 5.91 Å². The normalized spacial score (nSPS) is 11.7. The number of hydrogen-bond acceptors (Lipinski definition) is 3. The third kappa shape index (κ3) is 5.38. The van der Waals surface area contributed by atoms with E-state index in [1.165, 1.54) is 11.3 Å². The molecule has 1 rings (SSSR count). The van der Waals surface area contributed by atoms with E-state index in [0.717, 1.165) is 28.6 Å². The van der Waals surface area contributed by atoms with E-state index < -0.39 is 0 Å². The van der Waals surface area contributed by atoms with Crippen molar-refractivity contribution in [3.63, 3.8) is 0 Å². The molecule has 1 aromatic heterocycles. The van der Waals surface area contributed by atoms with Gasteiger partial charge in [-0.2, -0.15) is 0 Å². The molecule has 1 aromatic rings. The largest absolute Gasteiger partial charge is 0.347 e. The van der Waals surface area contributed by atoms with Crippen molar-refractivity contribution < 1.29 is 4.79 Å². The van der Waals surface area contributed by atoms with Gasteiger partial charge in [0.05, 0.1) is 0 Å². The molecule has 0 aromatic carbocycles. The van der Waals surface area contributed by atoms with Crippen LogP contribution in [0.3, 0.4) is 0 Å². The average molecular weight is 342 g/mol. The van der Waals surface area contributed by atoms with E-state index in [9.17, 15) is 4.79 Å². The molecule has 0 saturated heterocycles. The van der Waals surface area contributed by atoms with Gasteiger partial charge in [-0.15, -0.1) is 23.7 Å². The van der Waals surface area contributed by atoms with Crippen molar-refractivity contribution in [3.8, 4) is 0 Å². The second kappa shape index (κ2) is 8.91. The van der Waals surface area contributed by atoms with Gasteiger partial charge in [-0.3, -0.25) is 4.79 Å². The van der Waals surface area contributed by atoms with Gasteiger partial charge in [0.2, 0.25) is 0 Å². The minimum atomic E-state index is -0.0339. The molecule has 6 heteroatoms. The second-order valence-corrected chi connectivity index (χ2v) is 5.42. The summed E-state index contributed by atoms with van der Waals surface area (Å²) in [4.78, 5) is 12.6. The summed E-state index contributed by atoms with van der Waals surface area (Å²) in [7, 11) is 0. The van der Waals surface area contributed by atoms with E-state index in [1.54, 1.807) is 0 Å². The summed E-state index contributed by atoms with van der Waals surface area (Å²) in [5.74, 6) is -0.0339. The fourth-order valence-electron chi connectivity index (χ4n) is 1.41. The van der Waals surface area contributed by atoms with Crippen LogP contribution in [0.25, 0.3) is 0 Å². The van der Waals surface area contributed by atoms with Crippen molar-refractivity contribution in [3.05, 3.63) is 20.8 Å². The summed E-state index contributed by atoms with van der Waals surface area (Å²) in [5, 5.41) is 4.85. The Morgan fingerprint density at radius 1 is 1.65 bits per heavy atom. The number of hydrogen-bond donors (Lipinski definition) is 2.